The van der Waals surface area contributed by atoms with Gasteiger partial charge in [0.2, 0.25) is 5.91 Å². The Kier molecular flexibility index (Phi) is 6.95. The van der Waals surface area contributed by atoms with Crippen LogP contribution in [0.25, 0.3) is 0 Å². The number of benzene rings is 3. The zero-order chi connectivity index (χ0) is 24.5. The minimum absolute atomic E-state index is 0.00231. The Morgan fingerprint density at radius 1 is 1.00 bits per heavy atom. The van der Waals surface area contributed by atoms with Crippen LogP contribution in [-0.4, -0.2) is 11.9 Å². The van der Waals surface area contributed by atoms with Crippen molar-refractivity contribution in [3.8, 4) is 0 Å². The molecule has 3 N–H and O–H groups in total. The van der Waals surface area contributed by atoms with Crippen molar-refractivity contribution in [3.63, 3.8) is 0 Å². The Balaban J connectivity index is 1.54. The van der Waals surface area contributed by atoms with E-state index in [0.717, 1.165) is 19.3 Å². The first kappa shape index (κ1) is 24.2. The predicted octanol–water partition coefficient (Wildman–Crippen LogP) is 6.00. The number of carbonyl (C=O) groups is 1. The number of hydrogen-bond acceptors (Lipinski definition) is 2. The number of fused-ring (bicyclic) bond motifs is 1. The third-order valence-electron chi connectivity index (χ3n) is 7.45. The van der Waals surface area contributed by atoms with Crippen molar-refractivity contribution < 1.29 is 4.79 Å². The molecule has 4 rings (SSSR count). The zero-order valence-electron chi connectivity index (χ0n) is 21.2. The van der Waals surface area contributed by atoms with Gasteiger partial charge in [0.25, 0.3) is 0 Å². The number of rotatable bonds is 6. The van der Waals surface area contributed by atoms with Crippen LogP contribution >= 0.6 is 0 Å². The molecule has 0 heterocycles. The van der Waals surface area contributed by atoms with Crippen LogP contribution in [0.4, 0.5) is 0 Å². The first-order valence-corrected chi connectivity index (χ1v) is 12.4. The Labute approximate surface area is 204 Å². The molecule has 178 valence electrons. The van der Waals surface area contributed by atoms with Gasteiger partial charge in [-0.2, -0.15) is 0 Å². The SMILES string of the molecule is Cc1cc(C)c(CC(N)C(=O)NC2CCC(C)(C)c3ccc(Cc4ccccc4)cc32)c(C)c1. The Morgan fingerprint density at radius 3 is 2.35 bits per heavy atom. The van der Waals surface area contributed by atoms with Crippen molar-refractivity contribution in [2.75, 3.05) is 0 Å². The number of carbonyl (C=O) groups excluding carboxylic acids is 1. The lowest BCUT2D eigenvalue weighted by atomic mass is 9.70. The zero-order valence-corrected chi connectivity index (χ0v) is 21.2. The van der Waals surface area contributed by atoms with Crippen LogP contribution < -0.4 is 11.1 Å². The summed E-state index contributed by atoms with van der Waals surface area (Å²) in [5.74, 6) is -0.0662. The second-order valence-electron chi connectivity index (χ2n) is 10.8. The molecule has 1 aliphatic carbocycles. The highest BCUT2D eigenvalue weighted by atomic mass is 16.2. The standard InChI is InChI=1S/C31H38N2O/c1-20-15-21(2)25(22(3)16-20)19-28(32)30(34)33-29-13-14-31(4,5)27-12-11-24(18-26(27)29)17-23-9-7-6-8-10-23/h6-12,15-16,18,28-29H,13-14,17,19,32H2,1-5H3,(H,33,34). The van der Waals surface area contributed by atoms with Gasteiger partial charge in [0.05, 0.1) is 12.1 Å². The number of amides is 1. The summed E-state index contributed by atoms with van der Waals surface area (Å²) in [5, 5.41) is 3.31. The molecule has 3 aromatic rings. The van der Waals surface area contributed by atoms with Crippen LogP contribution in [0.2, 0.25) is 0 Å². The summed E-state index contributed by atoms with van der Waals surface area (Å²) in [6, 6.07) is 21.1. The lowest BCUT2D eigenvalue weighted by Gasteiger charge is -2.38. The van der Waals surface area contributed by atoms with Crippen molar-refractivity contribution in [2.45, 2.75) is 77.8 Å². The highest BCUT2D eigenvalue weighted by molar-refractivity contribution is 5.82. The summed E-state index contributed by atoms with van der Waals surface area (Å²) in [6.45, 7) is 10.9. The molecule has 0 saturated carbocycles. The van der Waals surface area contributed by atoms with Gasteiger partial charge in [0.1, 0.15) is 0 Å². The highest BCUT2D eigenvalue weighted by Crippen LogP contribution is 2.42. The highest BCUT2D eigenvalue weighted by Gasteiger charge is 2.34. The van der Waals surface area contributed by atoms with Gasteiger partial charge in [-0.05, 0) is 90.8 Å². The van der Waals surface area contributed by atoms with Gasteiger partial charge < -0.3 is 11.1 Å². The molecule has 0 fully saturated rings. The Bertz CT molecular complexity index is 1160. The minimum Gasteiger partial charge on any atom is -0.348 e. The van der Waals surface area contributed by atoms with Crippen LogP contribution in [0, 0.1) is 20.8 Å². The van der Waals surface area contributed by atoms with E-state index in [1.54, 1.807) is 0 Å². The van der Waals surface area contributed by atoms with Crippen LogP contribution in [0.5, 0.6) is 0 Å². The fourth-order valence-corrected chi connectivity index (χ4v) is 5.53. The summed E-state index contributed by atoms with van der Waals surface area (Å²) in [4.78, 5) is 13.2. The van der Waals surface area contributed by atoms with E-state index in [0.29, 0.717) is 6.42 Å². The first-order valence-electron chi connectivity index (χ1n) is 12.4. The normalized spacial score (nSPS) is 17.6. The van der Waals surface area contributed by atoms with Gasteiger partial charge in [-0.15, -0.1) is 0 Å². The van der Waals surface area contributed by atoms with E-state index in [1.165, 1.54) is 44.5 Å². The molecule has 2 unspecified atom stereocenters. The number of nitrogens with one attached hydrogen (secondary N) is 1. The Hall–Kier alpha value is -2.91. The van der Waals surface area contributed by atoms with E-state index >= 15 is 0 Å². The number of aryl methyl sites for hydroxylation is 3. The molecule has 0 saturated heterocycles. The minimum atomic E-state index is -0.564. The third kappa shape index (κ3) is 5.26. The molecule has 0 aromatic heterocycles. The summed E-state index contributed by atoms with van der Waals surface area (Å²) < 4.78 is 0. The largest absolute Gasteiger partial charge is 0.348 e. The Morgan fingerprint density at radius 2 is 1.68 bits per heavy atom. The molecule has 0 radical (unpaired) electrons. The van der Waals surface area contributed by atoms with Crippen molar-refractivity contribution >= 4 is 5.91 Å². The quantitative estimate of drug-likeness (QED) is 0.480. The van der Waals surface area contributed by atoms with Crippen molar-refractivity contribution in [1.29, 1.82) is 0 Å². The van der Waals surface area contributed by atoms with E-state index in [9.17, 15) is 4.79 Å². The second kappa shape index (κ2) is 9.76. The predicted molar refractivity (Wildman–Crippen MR) is 141 cm³/mol. The average molecular weight is 455 g/mol. The average Bonchev–Trinajstić information content (AvgIpc) is 2.78. The third-order valence-corrected chi connectivity index (χ3v) is 7.45. The van der Waals surface area contributed by atoms with E-state index < -0.39 is 6.04 Å². The van der Waals surface area contributed by atoms with Gasteiger partial charge in [0.15, 0.2) is 0 Å². The molecular formula is C31H38N2O. The molecular weight excluding hydrogens is 416 g/mol. The van der Waals surface area contributed by atoms with Gasteiger partial charge in [-0.25, -0.2) is 0 Å². The molecule has 2 atom stereocenters. The molecule has 3 aromatic carbocycles. The topological polar surface area (TPSA) is 55.1 Å². The lowest BCUT2D eigenvalue weighted by Crippen LogP contribution is -2.45. The molecule has 0 bridgehead atoms. The van der Waals surface area contributed by atoms with Crippen LogP contribution in [0.15, 0.2) is 60.7 Å². The molecule has 3 heteroatoms. The van der Waals surface area contributed by atoms with E-state index in [-0.39, 0.29) is 17.4 Å². The van der Waals surface area contributed by atoms with Crippen molar-refractivity contribution in [2.24, 2.45) is 5.73 Å². The molecule has 1 amide bonds. The van der Waals surface area contributed by atoms with Gasteiger partial charge in [0, 0.05) is 0 Å². The lowest BCUT2D eigenvalue weighted by molar-refractivity contribution is -0.123. The van der Waals surface area contributed by atoms with Crippen LogP contribution in [-0.2, 0) is 23.1 Å². The van der Waals surface area contributed by atoms with Crippen molar-refractivity contribution in [3.05, 3.63) is 105 Å². The summed E-state index contributed by atoms with van der Waals surface area (Å²) in [7, 11) is 0. The molecule has 1 aliphatic rings. The maximum Gasteiger partial charge on any atom is 0.237 e. The van der Waals surface area contributed by atoms with Crippen molar-refractivity contribution in [1.82, 2.24) is 5.32 Å². The smallest absolute Gasteiger partial charge is 0.237 e. The van der Waals surface area contributed by atoms with Crippen LogP contribution in [0.1, 0.15) is 77.2 Å². The van der Waals surface area contributed by atoms with E-state index in [1.807, 2.05) is 6.07 Å². The fraction of sp³-hybridized carbons (Fsp3) is 0.387. The maximum absolute atomic E-state index is 13.2. The molecule has 3 nitrogen and oxygen atoms in total. The van der Waals surface area contributed by atoms with E-state index in [2.05, 4.69) is 94.5 Å². The van der Waals surface area contributed by atoms with Crippen LogP contribution in [0.3, 0.4) is 0 Å². The van der Waals surface area contributed by atoms with Gasteiger partial charge in [-0.1, -0.05) is 80.1 Å². The molecule has 0 aliphatic heterocycles. The molecule has 34 heavy (non-hydrogen) atoms. The first-order chi connectivity index (χ1) is 16.1. The van der Waals surface area contributed by atoms with Gasteiger partial charge >= 0.3 is 0 Å². The van der Waals surface area contributed by atoms with Gasteiger partial charge in [-0.3, -0.25) is 4.79 Å². The monoisotopic (exact) mass is 454 g/mol. The van der Waals surface area contributed by atoms with E-state index in [4.69, 9.17) is 5.73 Å². The summed E-state index contributed by atoms with van der Waals surface area (Å²) in [6.07, 6.45) is 3.41. The maximum atomic E-state index is 13.2. The second-order valence-corrected chi connectivity index (χ2v) is 10.8. The summed E-state index contributed by atoms with van der Waals surface area (Å²) in [5.41, 5.74) is 16.5. The summed E-state index contributed by atoms with van der Waals surface area (Å²) >= 11 is 0. The fourth-order valence-electron chi connectivity index (χ4n) is 5.53. The number of hydrogen-bond donors (Lipinski definition) is 2. The number of nitrogens with two attached hydrogens (primary N) is 1. The molecule has 0 spiro atoms.